The minimum atomic E-state index is -0.366. The van der Waals surface area contributed by atoms with Gasteiger partial charge in [-0.15, -0.1) is 0 Å². The van der Waals surface area contributed by atoms with Crippen molar-refractivity contribution < 1.29 is 14.7 Å². The van der Waals surface area contributed by atoms with Gasteiger partial charge in [0.1, 0.15) is 0 Å². The summed E-state index contributed by atoms with van der Waals surface area (Å²) in [5, 5.41) is 15.2. The van der Waals surface area contributed by atoms with Crippen molar-refractivity contribution in [2.24, 2.45) is 5.41 Å². The number of rotatable bonds is 3. The summed E-state index contributed by atoms with van der Waals surface area (Å²) in [6.07, 6.45) is 0.220. The molecule has 2 unspecified atom stereocenters. The molecule has 20 heavy (non-hydrogen) atoms. The Balaban J connectivity index is 1.98. The molecule has 2 amide bonds. The molecule has 108 valence electrons. The number of aliphatic hydroxyl groups excluding tert-OH is 1. The smallest absolute Gasteiger partial charge is 0.251 e. The molecule has 0 aliphatic heterocycles. The maximum Gasteiger partial charge on any atom is 0.251 e. The van der Waals surface area contributed by atoms with E-state index in [2.05, 4.69) is 10.6 Å². The van der Waals surface area contributed by atoms with Crippen LogP contribution >= 0.6 is 0 Å². The van der Waals surface area contributed by atoms with Crippen LogP contribution in [-0.2, 0) is 4.79 Å². The Hall–Kier alpha value is -1.88. The zero-order chi connectivity index (χ0) is 14.9. The second-order valence-corrected chi connectivity index (χ2v) is 5.86. The number of carbonyl (C=O) groups is 2. The first kappa shape index (κ1) is 14.5. The molecule has 0 bridgehead atoms. The monoisotopic (exact) mass is 276 g/mol. The largest absolute Gasteiger partial charge is 0.392 e. The molecule has 1 aromatic rings. The number of benzene rings is 1. The molecule has 3 N–H and O–H groups in total. The fraction of sp³-hybridized carbons (Fsp3) is 0.467. The lowest BCUT2D eigenvalue weighted by Gasteiger charge is -2.49. The van der Waals surface area contributed by atoms with E-state index in [4.69, 9.17) is 0 Å². The molecule has 2 atom stereocenters. The van der Waals surface area contributed by atoms with E-state index in [1.165, 1.54) is 6.92 Å². The highest BCUT2D eigenvalue weighted by molar-refractivity contribution is 5.95. The zero-order valence-electron chi connectivity index (χ0n) is 11.9. The molecule has 1 aliphatic rings. The first-order valence-electron chi connectivity index (χ1n) is 6.67. The van der Waals surface area contributed by atoms with E-state index in [0.29, 0.717) is 17.7 Å². The third-order valence-electron chi connectivity index (χ3n) is 3.99. The van der Waals surface area contributed by atoms with Gasteiger partial charge in [0.2, 0.25) is 5.91 Å². The summed E-state index contributed by atoms with van der Waals surface area (Å²) in [5.74, 6) is -0.309. The Morgan fingerprint density at radius 1 is 1.25 bits per heavy atom. The molecule has 1 saturated carbocycles. The van der Waals surface area contributed by atoms with Gasteiger partial charge in [0.25, 0.3) is 5.91 Å². The number of hydrogen-bond acceptors (Lipinski definition) is 3. The van der Waals surface area contributed by atoms with E-state index in [1.54, 1.807) is 24.3 Å². The van der Waals surface area contributed by atoms with Gasteiger partial charge >= 0.3 is 0 Å². The molecule has 0 saturated heterocycles. The zero-order valence-corrected chi connectivity index (χ0v) is 11.9. The first-order valence-corrected chi connectivity index (χ1v) is 6.67. The molecular formula is C15H20N2O3. The van der Waals surface area contributed by atoms with Gasteiger partial charge < -0.3 is 15.7 Å². The molecule has 0 aromatic heterocycles. The van der Waals surface area contributed by atoms with Crippen LogP contribution < -0.4 is 10.6 Å². The van der Waals surface area contributed by atoms with Gasteiger partial charge in [0.05, 0.1) is 6.10 Å². The highest BCUT2D eigenvalue weighted by atomic mass is 16.3. The van der Waals surface area contributed by atoms with Crippen LogP contribution in [0.4, 0.5) is 5.69 Å². The normalized spacial score (nSPS) is 23.6. The maximum absolute atomic E-state index is 12.1. The summed E-state index contributed by atoms with van der Waals surface area (Å²) < 4.78 is 0. The van der Waals surface area contributed by atoms with Crippen LogP contribution in [0.2, 0.25) is 0 Å². The number of amides is 2. The van der Waals surface area contributed by atoms with Gasteiger partial charge in [-0.25, -0.2) is 0 Å². The summed E-state index contributed by atoms with van der Waals surface area (Å²) in [7, 11) is 0. The van der Waals surface area contributed by atoms with E-state index < -0.39 is 0 Å². The summed E-state index contributed by atoms with van der Waals surface area (Å²) in [5.41, 5.74) is 0.913. The van der Waals surface area contributed by atoms with E-state index in [1.807, 2.05) is 13.8 Å². The molecule has 5 nitrogen and oxygen atoms in total. The fourth-order valence-corrected chi connectivity index (χ4v) is 2.30. The van der Waals surface area contributed by atoms with Gasteiger partial charge in [0.15, 0.2) is 0 Å². The van der Waals surface area contributed by atoms with Gasteiger partial charge in [0, 0.05) is 29.6 Å². The third-order valence-corrected chi connectivity index (χ3v) is 3.99. The maximum atomic E-state index is 12.1. The Kier molecular flexibility index (Phi) is 3.81. The van der Waals surface area contributed by atoms with Crippen molar-refractivity contribution in [3.8, 4) is 0 Å². The topological polar surface area (TPSA) is 78.4 Å². The molecular weight excluding hydrogens is 256 g/mol. The van der Waals surface area contributed by atoms with Crippen LogP contribution in [0.15, 0.2) is 24.3 Å². The van der Waals surface area contributed by atoms with Crippen molar-refractivity contribution in [2.45, 2.75) is 39.3 Å². The number of anilines is 1. The first-order chi connectivity index (χ1) is 9.30. The minimum Gasteiger partial charge on any atom is -0.392 e. The van der Waals surface area contributed by atoms with Crippen LogP contribution in [0.3, 0.4) is 0 Å². The Morgan fingerprint density at radius 2 is 1.85 bits per heavy atom. The average Bonchev–Trinajstić information content (AvgIpc) is 2.38. The number of nitrogens with one attached hydrogen (secondary N) is 2. The summed E-state index contributed by atoms with van der Waals surface area (Å²) in [6, 6.07) is 6.71. The van der Waals surface area contributed by atoms with Crippen molar-refractivity contribution in [3.63, 3.8) is 0 Å². The van der Waals surface area contributed by atoms with E-state index in [-0.39, 0.29) is 29.4 Å². The average molecular weight is 276 g/mol. The SMILES string of the molecule is CC(=O)Nc1ccc(C(=O)NC2CC(O)C2(C)C)cc1. The van der Waals surface area contributed by atoms with Crippen molar-refractivity contribution in [1.82, 2.24) is 5.32 Å². The lowest BCUT2D eigenvalue weighted by molar-refractivity contribution is -0.114. The second-order valence-electron chi connectivity index (χ2n) is 5.86. The molecule has 0 radical (unpaired) electrons. The van der Waals surface area contributed by atoms with Crippen molar-refractivity contribution in [1.29, 1.82) is 0 Å². The molecule has 2 rings (SSSR count). The summed E-state index contributed by atoms with van der Waals surface area (Å²) >= 11 is 0. The van der Waals surface area contributed by atoms with Crippen molar-refractivity contribution in [2.75, 3.05) is 5.32 Å². The predicted molar refractivity (Wildman–Crippen MR) is 76.4 cm³/mol. The van der Waals surface area contributed by atoms with Gasteiger partial charge in [-0.1, -0.05) is 13.8 Å². The lowest BCUT2D eigenvalue weighted by atomic mass is 9.64. The quantitative estimate of drug-likeness (QED) is 0.783. The highest BCUT2D eigenvalue weighted by Gasteiger charge is 2.47. The Bertz CT molecular complexity index is 522. The molecule has 5 heteroatoms. The summed E-state index contributed by atoms with van der Waals surface area (Å²) in [4.78, 5) is 23.0. The van der Waals surface area contributed by atoms with Gasteiger partial charge in [-0.3, -0.25) is 9.59 Å². The lowest BCUT2D eigenvalue weighted by Crippen LogP contribution is -2.61. The highest BCUT2D eigenvalue weighted by Crippen LogP contribution is 2.40. The van der Waals surface area contributed by atoms with E-state index >= 15 is 0 Å². The van der Waals surface area contributed by atoms with Crippen LogP contribution in [0, 0.1) is 5.41 Å². The van der Waals surface area contributed by atoms with Crippen LogP contribution in [0.1, 0.15) is 37.6 Å². The van der Waals surface area contributed by atoms with Gasteiger partial charge in [-0.2, -0.15) is 0 Å². The van der Waals surface area contributed by atoms with Crippen molar-refractivity contribution >= 4 is 17.5 Å². The summed E-state index contributed by atoms with van der Waals surface area (Å²) in [6.45, 7) is 5.31. The Morgan fingerprint density at radius 3 is 2.30 bits per heavy atom. The number of aliphatic hydroxyl groups is 1. The Labute approximate surface area is 118 Å². The fourth-order valence-electron chi connectivity index (χ4n) is 2.30. The molecule has 1 aliphatic carbocycles. The molecule has 1 fully saturated rings. The van der Waals surface area contributed by atoms with E-state index in [9.17, 15) is 14.7 Å². The molecule has 0 heterocycles. The number of carbonyl (C=O) groups excluding carboxylic acids is 2. The third kappa shape index (κ3) is 2.82. The predicted octanol–water partition coefficient (Wildman–Crippen LogP) is 1.53. The minimum absolute atomic E-state index is 0.0139. The van der Waals surface area contributed by atoms with Crippen LogP contribution in [0.25, 0.3) is 0 Å². The van der Waals surface area contributed by atoms with Crippen molar-refractivity contribution in [3.05, 3.63) is 29.8 Å². The van der Waals surface area contributed by atoms with Crippen LogP contribution in [0.5, 0.6) is 0 Å². The molecule has 0 spiro atoms. The number of hydrogen-bond donors (Lipinski definition) is 3. The van der Waals surface area contributed by atoms with Gasteiger partial charge in [-0.05, 0) is 30.7 Å². The standard InChI is InChI=1S/C15H20N2O3/c1-9(18)16-11-6-4-10(5-7-11)14(20)17-12-8-13(19)15(12,2)3/h4-7,12-13,19H,8H2,1-3H3,(H,16,18)(H,17,20). The van der Waals surface area contributed by atoms with Crippen LogP contribution in [-0.4, -0.2) is 29.1 Å². The second kappa shape index (κ2) is 5.25. The van der Waals surface area contributed by atoms with E-state index in [0.717, 1.165) is 0 Å². The molecule has 1 aromatic carbocycles.